The van der Waals surface area contributed by atoms with Crippen LogP contribution >= 0.6 is 23.2 Å². The maximum absolute atomic E-state index is 11.8. The first-order valence-corrected chi connectivity index (χ1v) is 6.65. The number of H-pyrrole nitrogens is 1. The first-order chi connectivity index (χ1) is 9.77. The van der Waals surface area contributed by atoms with Gasteiger partial charge in [-0.3, -0.25) is 19.1 Å². The number of aliphatic hydroxyl groups excluding tert-OH is 1. The summed E-state index contributed by atoms with van der Waals surface area (Å²) in [5.41, 5.74) is -1.39. The van der Waals surface area contributed by atoms with Crippen LogP contribution in [0.4, 0.5) is 0 Å². The number of halogens is 2. The Kier molecular flexibility index (Phi) is 4.43. The van der Waals surface area contributed by atoms with Crippen molar-refractivity contribution < 1.29 is 19.4 Å². The monoisotopic (exact) mass is 338 g/mol. The highest BCUT2D eigenvalue weighted by Gasteiger charge is 2.58. The zero-order chi connectivity index (χ0) is 15.8. The molecular weight excluding hydrogens is 327 g/mol. The summed E-state index contributed by atoms with van der Waals surface area (Å²) in [6, 6.07) is 1.09. The number of nitrogens with zero attached hydrogens (tertiary/aromatic N) is 1. The van der Waals surface area contributed by atoms with Gasteiger partial charge in [-0.05, 0) is 0 Å². The Morgan fingerprint density at radius 3 is 2.76 bits per heavy atom. The topological polar surface area (TPSA) is 111 Å². The van der Waals surface area contributed by atoms with E-state index in [9.17, 15) is 19.5 Å². The average Bonchev–Trinajstić information content (AvgIpc) is 2.61. The third-order valence-corrected chi connectivity index (χ3v) is 3.73. The number of hydrogen-bond donors (Lipinski definition) is 2. The van der Waals surface area contributed by atoms with E-state index in [1.165, 1.54) is 0 Å². The molecule has 0 bridgehead atoms. The van der Waals surface area contributed by atoms with E-state index in [0.29, 0.717) is 0 Å². The molecule has 1 aliphatic rings. The van der Waals surface area contributed by atoms with E-state index >= 15 is 0 Å². The Morgan fingerprint density at radius 1 is 1.57 bits per heavy atom. The third-order valence-electron chi connectivity index (χ3n) is 2.93. The summed E-state index contributed by atoms with van der Waals surface area (Å²) in [5, 5.41) is 9.28. The van der Waals surface area contributed by atoms with E-state index < -0.39 is 46.6 Å². The molecule has 1 saturated heterocycles. The second-order valence-electron chi connectivity index (χ2n) is 4.43. The van der Waals surface area contributed by atoms with Crippen molar-refractivity contribution in [1.82, 2.24) is 9.55 Å². The van der Waals surface area contributed by atoms with Gasteiger partial charge in [-0.15, -0.1) is 0 Å². The van der Waals surface area contributed by atoms with Gasteiger partial charge in [0.2, 0.25) is 4.33 Å². The van der Waals surface area contributed by atoms with Crippen LogP contribution in [0.5, 0.6) is 0 Å². The van der Waals surface area contributed by atoms with E-state index in [-0.39, 0.29) is 0 Å². The summed E-state index contributed by atoms with van der Waals surface area (Å²) in [6.45, 7) is 0.630. The quantitative estimate of drug-likeness (QED) is 0.569. The van der Waals surface area contributed by atoms with Crippen LogP contribution in [-0.2, 0) is 14.3 Å². The highest BCUT2D eigenvalue weighted by Crippen LogP contribution is 2.47. The van der Waals surface area contributed by atoms with Crippen molar-refractivity contribution in [2.75, 3.05) is 6.61 Å². The van der Waals surface area contributed by atoms with Crippen LogP contribution in [0.3, 0.4) is 0 Å². The maximum atomic E-state index is 11.8. The number of ether oxygens (including phenoxy) is 2. The lowest BCUT2D eigenvalue weighted by Crippen LogP contribution is -2.43. The summed E-state index contributed by atoms with van der Waals surface area (Å²) in [7, 11) is 0. The van der Waals surface area contributed by atoms with Crippen LogP contribution < -0.4 is 11.2 Å². The summed E-state index contributed by atoms with van der Waals surface area (Å²) in [5.74, 6) is -0.665. The molecule has 0 aromatic carbocycles. The molecule has 0 aliphatic carbocycles. The van der Waals surface area contributed by atoms with Gasteiger partial charge in [0.25, 0.3) is 5.56 Å². The van der Waals surface area contributed by atoms with Crippen molar-refractivity contribution in [3.05, 3.63) is 33.1 Å². The van der Waals surface area contributed by atoms with Gasteiger partial charge in [-0.25, -0.2) is 4.79 Å². The van der Waals surface area contributed by atoms with Crippen molar-refractivity contribution in [1.29, 1.82) is 0 Å². The predicted molar refractivity (Wildman–Crippen MR) is 72.3 cm³/mol. The van der Waals surface area contributed by atoms with Crippen LogP contribution in [0.15, 0.2) is 21.9 Å². The zero-order valence-corrected chi connectivity index (χ0v) is 12.3. The molecule has 10 heteroatoms. The molecule has 3 atom stereocenters. The van der Waals surface area contributed by atoms with Gasteiger partial charge >= 0.3 is 11.7 Å². The van der Waals surface area contributed by atoms with Crippen molar-refractivity contribution >= 4 is 29.2 Å². The first kappa shape index (κ1) is 16.0. The minimum atomic E-state index is -1.82. The molecule has 1 aliphatic heterocycles. The molecule has 21 heavy (non-hydrogen) atoms. The molecule has 0 radical (unpaired) electrons. The van der Waals surface area contributed by atoms with Gasteiger partial charge < -0.3 is 14.6 Å². The largest absolute Gasteiger partial charge is 0.456 e. The third kappa shape index (κ3) is 2.98. The number of carbonyl (C=O) groups is 1. The predicted octanol–water partition coefficient (Wildman–Crippen LogP) is -0.468. The lowest BCUT2D eigenvalue weighted by atomic mass is 10.1. The fraction of sp³-hybridized carbons (Fsp3) is 0.545. The minimum absolute atomic E-state index is 0.520. The SMILES string of the molecule is CC(=O)O[C@@H]1[C@@H](CO)OC(n2ccc(=O)[nH]c2=O)C1(Cl)Cl. The number of carbonyl (C=O) groups excluding carboxylic acids is 1. The van der Waals surface area contributed by atoms with Gasteiger partial charge in [0.05, 0.1) is 6.61 Å². The summed E-state index contributed by atoms with van der Waals surface area (Å²) in [6.07, 6.45) is -2.28. The molecule has 0 amide bonds. The van der Waals surface area contributed by atoms with Gasteiger partial charge in [-0.1, -0.05) is 23.2 Å². The smallest absolute Gasteiger partial charge is 0.330 e. The molecule has 8 nitrogen and oxygen atoms in total. The Morgan fingerprint density at radius 2 is 2.24 bits per heavy atom. The van der Waals surface area contributed by atoms with E-state index in [4.69, 9.17) is 32.7 Å². The van der Waals surface area contributed by atoms with Crippen molar-refractivity contribution in [2.24, 2.45) is 0 Å². The summed E-state index contributed by atoms with van der Waals surface area (Å²) < 4.78 is 9.50. The molecule has 0 saturated carbocycles. The highest BCUT2D eigenvalue weighted by molar-refractivity contribution is 6.49. The van der Waals surface area contributed by atoms with E-state index in [0.717, 1.165) is 23.8 Å². The first-order valence-electron chi connectivity index (χ1n) is 5.90. The lowest BCUT2D eigenvalue weighted by Gasteiger charge is -2.26. The Labute approximate surface area is 128 Å². The second-order valence-corrected chi connectivity index (χ2v) is 5.88. The Hall–Kier alpha value is -1.35. The van der Waals surface area contributed by atoms with E-state index in [1.54, 1.807) is 0 Å². The summed E-state index contributed by atoms with van der Waals surface area (Å²) >= 11 is 12.3. The number of esters is 1. The highest BCUT2D eigenvalue weighted by atomic mass is 35.5. The molecule has 1 aromatic rings. The molecule has 2 N–H and O–H groups in total. The maximum Gasteiger partial charge on any atom is 0.330 e. The molecular formula is C11H12Cl2N2O6. The van der Waals surface area contributed by atoms with Gasteiger partial charge in [0.1, 0.15) is 6.10 Å². The van der Waals surface area contributed by atoms with Crippen molar-refractivity contribution in [3.8, 4) is 0 Å². The van der Waals surface area contributed by atoms with Gasteiger partial charge in [-0.2, -0.15) is 0 Å². The number of aliphatic hydroxyl groups is 1. The number of nitrogens with one attached hydrogen (secondary N) is 1. The number of aromatic nitrogens is 2. The van der Waals surface area contributed by atoms with Crippen molar-refractivity contribution in [2.45, 2.75) is 29.7 Å². The van der Waals surface area contributed by atoms with Gasteiger partial charge in [0, 0.05) is 19.2 Å². The fourth-order valence-electron chi connectivity index (χ4n) is 2.05. The number of rotatable bonds is 3. The second kappa shape index (κ2) is 5.80. The zero-order valence-electron chi connectivity index (χ0n) is 10.8. The Bertz CT molecular complexity index is 655. The molecule has 1 aromatic heterocycles. The number of aromatic amines is 1. The number of hydrogen-bond acceptors (Lipinski definition) is 6. The summed E-state index contributed by atoms with van der Waals surface area (Å²) in [4.78, 5) is 36.0. The van der Waals surface area contributed by atoms with Gasteiger partial charge in [0.15, 0.2) is 12.3 Å². The molecule has 1 unspecified atom stereocenters. The average molecular weight is 339 g/mol. The molecule has 2 heterocycles. The van der Waals surface area contributed by atoms with Crippen LogP contribution in [0.1, 0.15) is 13.2 Å². The molecule has 1 fully saturated rings. The van der Waals surface area contributed by atoms with Crippen molar-refractivity contribution in [3.63, 3.8) is 0 Å². The van der Waals surface area contributed by atoms with Crippen LogP contribution in [0, 0.1) is 0 Å². The minimum Gasteiger partial charge on any atom is -0.456 e. The molecule has 0 spiro atoms. The fourth-order valence-corrected chi connectivity index (χ4v) is 2.73. The van der Waals surface area contributed by atoms with E-state index in [2.05, 4.69) is 0 Å². The molecule has 2 rings (SSSR count). The standard InChI is InChI=1S/C11H12Cl2N2O6/c1-5(17)20-8-6(4-16)21-9(11(8,12)13)15-3-2-7(18)14-10(15)19/h2-3,6,8-9,16H,4H2,1H3,(H,14,18,19)/t6-,8-,9?/m1/s1. The Balaban J connectivity index is 2.43. The van der Waals surface area contributed by atoms with E-state index in [1.807, 2.05) is 4.98 Å². The van der Waals surface area contributed by atoms with Crippen LogP contribution in [0.25, 0.3) is 0 Å². The lowest BCUT2D eigenvalue weighted by molar-refractivity contribution is -0.150. The van der Waals surface area contributed by atoms with Crippen LogP contribution in [0.2, 0.25) is 0 Å². The van der Waals surface area contributed by atoms with Crippen LogP contribution in [-0.4, -0.2) is 43.8 Å². The molecule has 116 valence electrons. The normalized spacial score (nSPS) is 27.5. The number of alkyl halides is 2.